The van der Waals surface area contributed by atoms with Crippen molar-refractivity contribution < 1.29 is 0 Å². The third-order valence-electron chi connectivity index (χ3n) is 3.20. The zero-order valence-corrected chi connectivity index (χ0v) is 12.9. The van der Waals surface area contributed by atoms with E-state index in [0.717, 1.165) is 25.2 Å². The van der Waals surface area contributed by atoms with Crippen LogP contribution < -0.4 is 11.1 Å². The minimum atomic E-state index is 0.297. The van der Waals surface area contributed by atoms with Crippen molar-refractivity contribution in [3.8, 4) is 0 Å². The van der Waals surface area contributed by atoms with Crippen LogP contribution in [0.5, 0.6) is 0 Å². The number of nitrogens with zero attached hydrogens (tertiary/aromatic N) is 3. The highest BCUT2D eigenvalue weighted by Gasteiger charge is 2.07. The van der Waals surface area contributed by atoms with Crippen LogP contribution in [0.1, 0.15) is 31.7 Å². The van der Waals surface area contributed by atoms with Crippen molar-refractivity contribution in [3.05, 3.63) is 17.5 Å². The van der Waals surface area contributed by atoms with Gasteiger partial charge in [0.1, 0.15) is 10.7 Å². The van der Waals surface area contributed by atoms with E-state index in [-0.39, 0.29) is 0 Å². The monoisotopic (exact) mass is 281 g/mol. The van der Waals surface area contributed by atoms with E-state index in [1.54, 1.807) is 6.07 Å². The average molecular weight is 281 g/mol. The Morgan fingerprint density at radius 2 is 2.21 bits per heavy atom. The summed E-state index contributed by atoms with van der Waals surface area (Å²) in [5, 5.41) is 3.21. The van der Waals surface area contributed by atoms with Gasteiger partial charge in [0, 0.05) is 24.8 Å². The molecule has 0 aliphatic heterocycles. The molecule has 0 radical (unpaired) electrons. The smallest absolute Gasteiger partial charge is 0.223 e. The van der Waals surface area contributed by atoms with Crippen molar-refractivity contribution in [1.29, 1.82) is 0 Å². The summed E-state index contributed by atoms with van der Waals surface area (Å²) in [4.78, 5) is 11.2. The predicted molar refractivity (Wildman–Crippen MR) is 83.5 cm³/mol. The van der Waals surface area contributed by atoms with Crippen molar-refractivity contribution in [2.24, 2.45) is 5.73 Å². The molecule has 1 rings (SSSR count). The normalized spacial score (nSPS) is 12.5. The van der Waals surface area contributed by atoms with Crippen LogP contribution in [0, 0.1) is 6.92 Å². The van der Waals surface area contributed by atoms with E-state index in [1.165, 1.54) is 0 Å². The number of aromatic nitrogens is 2. The fourth-order valence-electron chi connectivity index (χ4n) is 1.65. The molecule has 6 heteroatoms. The molecule has 106 valence electrons. The van der Waals surface area contributed by atoms with Gasteiger partial charge in [-0.15, -0.1) is 0 Å². The zero-order valence-electron chi connectivity index (χ0n) is 12.1. The largest absolute Gasteiger partial charge is 0.388 e. The molecule has 1 heterocycles. The average Bonchev–Trinajstić information content (AvgIpc) is 2.36. The van der Waals surface area contributed by atoms with E-state index in [4.69, 9.17) is 18.0 Å². The summed E-state index contributed by atoms with van der Waals surface area (Å²) >= 11 is 4.94. The van der Waals surface area contributed by atoms with E-state index in [2.05, 4.69) is 41.1 Å². The van der Waals surface area contributed by atoms with Crippen LogP contribution in [-0.4, -0.2) is 46.0 Å². The number of nitrogens with two attached hydrogens (primary N) is 1. The van der Waals surface area contributed by atoms with Gasteiger partial charge in [-0.1, -0.05) is 19.1 Å². The van der Waals surface area contributed by atoms with Gasteiger partial charge in [-0.2, -0.15) is 0 Å². The summed E-state index contributed by atoms with van der Waals surface area (Å²) in [6.07, 6.45) is 1.14. The van der Waals surface area contributed by atoms with Crippen LogP contribution in [0.4, 0.5) is 5.95 Å². The van der Waals surface area contributed by atoms with Crippen LogP contribution in [0.3, 0.4) is 0 Å². The number of thiocarbonyl (C=S) groups is 1. The number of hydrogen-bond acceptors (Lipinski definition) is 5. The molecule has 0 aliphatic rings. The number of aryl methyl sites for hydroxylation is 1. The maximum Gasteiger partial charge on any atom is 0.223 e. The first-order valence-electron chi connectivity index (χ1n) is 6.53. The lowest BCUT2D eigenvalue weighted by Gasteiger charge is -2.23. The van der Waals surface area contributed by atoms with Crippen molar-refractivity contribution in [2.75, 3.05) is 25.5 Å². The summed E-state index contributed by atoms with van der Waals surface area (Å²) in [6.45, 7) is 8.04. The number of nitrogens with one attached hydrogen (secondary N) is 1. The Bertz CT molecular complexity index is 435. The lowest BCUT2D eigenvalue weighted by molar-refractivity contribution is 0.261. The summed E-state index contributed by atoms with van der Waals surface area (Å²) < 4.78 is 0. The van der Waals surface area contributed by atoms with Crippen LogP contribution in [0.25, 0.3) is 0 Å². The summed E-state index contributed by atoms with van der Waals surface area (Å²) in [5.41, 5.74) is 7.06. The Morgan fingerprint density at radius 3 is 2.79 bits per heavy atom. The van der Waals surface area contributed by atoms with Gasteiger partial charge in [-0.3, -0.25) is 0 Å². The Kier molecular flexibility index (Phi) is 6.11. The molecule has 3 N–H and O–H groups in total. The van der Waals surface area contributed by atoms with E-state index in [1.807, 2.05) is 6.92 Å². The van der Waals surface area contributed by atoms with Gasteiger partial charge < -0.3 is 16.0 Å². The molecule has 0 saturated heterocycles. The Hall–Kier alpha value is -1.27. The van der Waals surface area contributed by atoms with Crippen molar-refractivity contribution in [2.45, 2.75) is 33.2 Å². The predicted octanol–water partition coefficient (Wildman–Crippen LogP) is 1.56. The highest BCUT2D eigenvalue weighted by atomic mass is 32.1. The molecule has 0 bridgehead atoms. The van der Waals surface area contributed by atoms with Crippen molar-refractivity contribution >= 4 is 23.2 Å². The molecular formula is C13H23N5S. The summed E-state index contributed by atoms with van der Waals surface area (Å²) in [5.74, 6) is 0.584. The Labute approximate surface area is 120 Å². The highest BCUT2D eigenvalue weighted by molar-refractivity contribution is 7.80. The molecule has 0 aliphatic carbocycles. The molecule has 1 atom stereocenters. The molecule has 1 aromatic heterocycles. The van der Waals surface area contributed by atoms with E-state index < -0.39 is 0 Å². The fraction of sp³-hybridized carbons (Fsp3) is 0.615. The topological polar surface area (TPSA) is 67.1 Å². The fourth-order valence-corrected chi connectivity index (χ4v) is 1.75. The second kappa shape index (κ2) is 7.35. The Balaban J connectivity index is 2.56. The molecule has 0 saturated carbocycles. The molecule has 0 aromatic carbocycles. The molecule has 5 nitrogen and oxygen atoms in total. The van der Waals surface area contributed by atoms with E-state index in [9.17, 15) is 0 Å². The minimum absolute atomic E-state index is 0.297. The number of likely N-dealkylation sites (N-methyl/N-ethyl adjacent to an activating group) is 1. The molecule has 0 fully saturated rings. The van der Waals surface area contributed by atoms with Gasteiger partial charge >= 0.3 is 0 Å². The summed E-state index contributed by atoms with van der Waals surface area (Å²) in [7, 11) is 2.12. The van der Waals surface area contributed by atoms with Gasteiger partial charge in [-0.25, -0.2) is 9.97 Å². The highest BCUT2D eigenvalue weighted by Crippen LogP contribution is 2.05. The van der Waals surface area contributed by atoms with Crippen LogP contribution >= 0.6 is 12.2 Å². The number of hydrogen-bond donors (Lipinski definition) is 2. The third-order valence-corrected chi connectivity index (χ3v) is 3.41. The number of rotatable bonds is 7. The first kappa shape index (κ1) is 15.8. The molecule has 19 heavy (non-hydrogen) atoms. The zero-order chi connectivity index (χ0) is 14.4. The maximum absolute atomic E-state index is 5.59. The van der Waals surface area contributed by atoms with Crippen LogP contribution in [0.15, 0.2) is 6.07 Å². The van der Waals surface area contributed by atoms with Gasteiger partial charge in [0.05, 0.1) is 0 Å². The quantitative estimate of drug-likeness (QED) is 0.739. The standard InChI is InChI=1S/C13H23N5S/c1-5-10(3)18(4)7-6-15-13-16-9(2)8-11(17-13)12(14)19/h8,10H,5-7H2,1-4H3,(H2,14,19)(H,15,16,17). The van der Waals surface area contributed by atoms with Crippen molar-refractivity contribution in [1.82, 2.24) is 14.9 Å². The van der Waals surface area contributed by atoms with Crippen LogP contribution in [0.2, 0.25) is 0 Å². The van der Waals surface area contributed by atoms with Gasteiger partial charge in [0.15, 0.2) is 0 Å². The summed E-state index contributed by atoms with van der Waals surface area (Å²) in [6, 6.07) is 2.37. The Morgan fingerprint density at radius 1 is 1.53 bits per heavy atom. The van der Waals surface area contributed by atoms with Crippen molar-refractivity contribution in [3.63, 3.8) is 0 Å². The molecule has 0 amide bonds. The van der Waals surface area contributed by atoms with Gasteiger partial charge in [-0.05, 0) is 33.4 Å². The SMILES string of the molecule is CCC(C)N(C)CCNc1nc(C)cc(C(N)=S)n1. The first-order chi connectivity index (χ1) is 8.93. The first-order valence-corrected chi connectivity index (χ1v) is 6.94. The van der Waals surface area contributed by atoms with Gasteiger partial charge in [0.2, 0.25) is 5.95 Å². The number of anilines is 1. The molecule has 1 unspecified atom stereocenters. The molecule has 0 spiro atoms. The third kappa shape index (κ3) is 5.08. The van der Waals surface area contributed by atoms with Crippen LogP contribution in [-0.2, 0) is 0 Å². The molecular weight excluding hydrogens is 258 g/mol. The second-order valence-electron chi connectivity index (χ2n) is 4.75. The van der Waals surface area contributed by atoms with E-state index in [0.29, 0.717) is 22.7 Å². The van der Waals surface area contributed by atoms with E-state index >= 15 is 0 Å². The lowest BCUT2D eigenvalue weighted by atomic mass is 10.2. The molecule has 1 aromatic rings. The lowest BCUT2D eigenvalue weighted by Crippen LogP contribution is -2.33. The minimum Gasteiger partial charge on any atom is -0.388 e. The van der Waals surface area contributed by atoms with Gasteiger partial charge in [0.25, 0.3) is 0 Å². The maximum atomic E-state index is 5.59. The second-order valence-corrected chi connectivity index (χ2v) is 5.19.